The molecule has 6 nitrogen and oxygen atoms in total. The van der Waals surface area contributed by atoms with Crippen LogP contribution >= 0.6 is 0 Å². The molecule has 3 amide bonds. The van der Waals surface area contributed by atoms with E-state index in [1.54, 1.807) is 6.92 Å². The Morgan fingerprint density at radius 3 is 2.33 bits per heavy atom. The molecule has 0 aliphatic rings. The molecular weight excluding hydrogens is 234 g/mol. The molecule has 0 aliphatic heterocycles. The molecule has 100 valence electrons. The van der Waals surface area contributed by atoms with Gasteiger partial charge in [0.25, 0.3) is 0 Å². The zero-order valence-electron chi connectivity index (χ0n) is 11.0. The molecule has 0 aliphatic carbocycles. The summed E-state index contributed by atoms with van der Waals surface area (Å²) in [6, 6.07) is 0.304. The van der Waals surface area contributed by atoms with Gasteiger partial charge in [0.15, 0.2) is 0 Å². The molecule has 1 rings (SSSR count). The fourth-order valence-electron chi connectivity index (χ4n) is 1.78. The first kappa shape index (κ1) is 14.1. The Morgan fingerprint density at radius 2 is 1.89 bits per heavy atom. The number of furan rings is 1. The minimum Gasteiger partial charge on any atom is -0.466 e. The molecular formula is C12H19N3O3. The van der Waals surface area contributed by atoms with Crippen LogP contribution in [-0.2, 0) is 4.79 Å². The van der Waals surface area contributed by atoms with E-state index in [2.05, 4.69) is 10.6 Å². The Bertz CT molecular complexity index is 453. The number of hydrogen-bond donors (Lipinski definition) is 3. The number of urea groups is 1. The van der Waals surface area contributed by atoms with E-state index in [1.807, 2.05) is 26.8 Å². The maximum atomic E-state index is 11.8. The lowest BCUT2D eigenvalue weighted by atomic mass is 10.1. The van der Waals surface area contributed by atoms with Crippen LogP contribution in [0.1, 0.15) is 37.0 Å². The average molecular weight is 253 g/mol. The van der Waals surface area contributed by atoms with Crippen LogP contribution in [0.2, 0.25) is 0 Å². The first-order valence-corrected chi connectivity index (χ1v) is 5.74. The molecule has 0 saturated heterocycles. The third-order valence-corrected chi connectivity index (χ3v) is 2.66. The van der Waals surface area contributed by atoms with Crippen molar-refractivity contribution >= 4 is 11.9 Å². The van der Waals surface area contributed by atoms with Gasteiger partial charge in [-0.2, -0.15) is 0 Å². The number of carbonyl (C=O) groups excluding carboxylic acids is 2. The second kappa shape index (κ2) is 5.57. The number of primary amides is 1. The number of amides is 3. The molecule has 1 heterocycles. The van der Waals surface area contributed by atoms with Crippen LogP contribution in [0.25, 0.3) is 0 Å². The Kier molecular flexibility index (Phi) is 4.36. The molecule has 0 unspecified atom stereocenters. The van der Waals surface area contributed by atoms with Crippen LogP contribution in [0.15, 0.2) is 10.5 Å². The molecule has 0 fully saturated rings. The summed E-state index contributed by atoms with van der Waals surface area (Å²) in [6.45, 7) is 7.12. The predicted octanol–water partition coefficient (Wildman–Crippen LogP) is 1.13. The number of carbonyl (C=O) groups is 2. The van der Waals surface area contributed by atoms with Crippen molar-refractivity contribution in [3.05, 3.63) is 23.2 Å². The maximum absolute atomic E-state index is 11.8. The molecule has 18 heavy (non-hydrogen) atoms. The topological polar surface area (TPSA) is 97.4 Å². The van der Waals surface area contributed by atoms with Gasteiger partial charge in [0, 0.05) is 5.56 Å². The van der Waals surface area contributed by atoms with Crippen LogP contribution in [0, 0.1) is 13.8 Å². The largest absolute Gasteiger partial charge is 0.466 e. The van der Waals surface area contributed by atoms with Crippen molar-refractivity contribution < 1.29 is 14.0 Å². The van der Waals surface area contributed by atoms with Crippen LogP contribution in [0.5, 0.6) is 0 Å². The molecule has 0 radical (unpaired) electrons. The summed E-state index contributed by atoms with van der Waals surface area (Å²) in [6.07, 6.45) is 0. The van der Waals surface area contributed by atoms with Gasteiger partial charge >= 0.3 is 6.03 Å². The number of nitrogens with one attached hydrogen (secondary N) is 2. The third-order valence-electron chi connectivity index (χ3n) is 2.66. The molecule has 0 spiro atoms. The van der Waals surface area contributed by atoms with Gasteiger partial charge in [-0.15, -0.1) is 0 Å². The van der Waals surface area contributed by atoms with Gasteiger partial charge < -0.3 is 20.8 Å². The van der Waals surface area contributed by atoms with E-state index in [0.717, 1.165) is 17.1 Å². The van der Waals surface area contributed by atoms with Crippen molar-refractivity contribution in [2.75, 3.05) is 0 Å². The normalized spacial score (nSPS) is 13.8. The second-order valence-electron chi connectivity index (χ2n) is 4.33. The highest BCUT2D eigenvalue weighted by Gasteiger charge is 2.19. The minimum atomic E-state index is -0.722. The Balaban J connectivity index is 2.64. The van der Waals surface area contributed by atoms with Crippen molar-refractivity contribution in [2.45, 2.75) is 39.8 Å². The van der Waals surface area contributed by atoms with Crippen molar-refractivity contribution in [1.29, 1.82) is 0 Å². The summed E-state index contributed by atoms with van der Waals surface area (Å²) in [5, 5.41) is 5.11. The predicted molar refractivity (Wildman–Crippen MR) is 66.9 cm³/mol. The summed E-state index contributed by atoms with van der Waals surface area (Å²) >= 11 is 0. The van der Waals surface area contributed by atoms with E-state index in [0.29, 0.717) is 0 Å². The van der Waals surface area contributed by atoms with Crippen molar-refractivity contribution in [3.8, 4) is 0 Å². The Morgan fingerprint density at radius 1 is 1.28 bits per heavy atom. The molecule has 1 aromatic rings. The van der Waals surface area contributed by atoms with Gasteiger partial charge in [-0.3, -0.25) is 4.79 Å². The van der Waals surface area contributed by atoms with Crippen molar-refractivity contribution in [2.24, 2.45) is 5.73 Å². The quantitative estimate of drug-likeness (QED) is 0.750. The van der Waals surface area contributed by atoms with Crippen LogP contribution in [-0.4, -0.2) is 18.0 Å². The van der Waals surface area contributed by atoms with E-state index in [-0.39, 0.29) is 11.9 Å². The first-order chi connectivity index (χ1) is 8.31. The number of hydrogen-bond acceptors (Lipinski definition) is 3. The van der Waals surface area contributed by atoms with E-state index in [9.17, 15) is 9.59 Å². The highest BCUT2D eigenvalue weighted by molar-refractivity contribution is 5.86. The average Bonchev–Trinajstić information content (AvgIpc) is 2.56. The van der Waals surface area contributed by atoms with E-state index in [4.69, 9.17) is 10.2 Å². The SMILES string of the molecule is Cc1cc([C@H](C)NC(=O)[C@@H](C)NC(N)=O)c(C)o1. The first-order valence-electron chi connectivity index (χ1n) is 5.74. The van der Waals surface area contributed by atoms with Crippen LogP contribution in [0.3, 0.4) is 0 Å². The summed E-state index contributed by atoms with van der Waals surface area (Å²) in [4.78, 5) is 22.4. The van der Waals surface area contributed by atoms with Gasteiger partial charge in [0.05, 0.1) is 6.04 Å². The zero-order valence-corrected chi connectivity index (χ0v) is 11.0. The number of rotatable bonds is 4. The van der Waals surface area contributed by atoms with Crippen LogP contribution < -0.4 is 16.4 Å². The molecule has 4 N–H and O–H groups in total. The third kappa shape index (κ3) is 3.51. The van der Waals surface area contributed by atoms with Crippen molar-refractivity contribution in [1.82, 2.24) is 10.6 Å². The Labute approximate surface area is 106 Å². The van der Waals surface area contributed by atoms with E-state index < -0.39 is 12.1 Å². The van der Waals surface area contributed by atoms with Crippen LogP contribution in [0.4, 0.5) is 4.79 Å². The van der Waals surface area contributed by atoms with E-state index in [1.165, 1.54) is 0 Å². The maximum Gasteiger partial charge on any atom is 0.312 e. The van der Waals surface area contributed by atoms with Gasteiger partial charge in [0.2, 0.25) is 5.91 Å². The van der Waals surface area contributed by atoms with Gasteiger partial charge in [-0.25, -0.2) is 4.79 Å². The lowest BCUT2D eigenvalue weighted by Crippen LogP contribution is -2.47. The fraction of sp³-hybridized carbons (Fsp3) is 0.500. The Hall–Kier alpha value is -1.98. The smallest absolute Gasteiger partial charge is 0.312 e. The highest BCUT2D eigenvalue weighted by atomic mass is 16.3. The fourth-order valence-corrected chi connectivity index (χ4v) is 1.78. The monoisotopic (exact) mass is 253 g/mol. The summed E-state index contributed by atoms with van der Waals surface area (Å²) in [7, 11) is 0. The molecule has 2 atom stereocenters. The van der Waals surface area contributed by atoms with Gasteiger partial charge in [0.1, 0.15) is 17.6 Å². The lowest BCUT2D eigenvalue weighted by molar-refractivity contribution is -0.123. The zero-order chi connectivity index (χ0) is 13.9. The molecule has 0 saturated carbocycles. The standard InChI is InChI=1S/C12H19N3O3/c1-6-5-10(9(4)18-6)7(2)14-11(16)8(3)15-12(13)17/h5,7-8H,1-4H3,(H,14,16)(H3,13,15,17)/t7-,8+/m0/s1. The van der Waals surface area contributed by atoms with E-state index >= 15 is 0 Å². The number of aryl methyl sites for hydroxylation is 2. The summed E-state index contributed by atoms with van der Waals surface area (Å²) in [5.74, 6) is 1.28. The van der Waals surface area contributed by atoms with Crippen molar-refractivity contribution in [3.63, 3.8) is 0 Å². The molecule has 1 aromatic heterocycles. The summed E-state index contributed by atoms with van der Waals surface area (Å²) < 4.78 is 5.40. The number of nitrogens with two attached hydrogens (primary N) is 1. The second-order valence-corrected chi connectivity index (χ2v) is 4.33. The van der Waals surface area contributed by atoms with Gasteiger partial charge in [-0.1, -0.05) is 0 Å². The minimum absolute atomic E-state index is 0.188. The highest BCUT2D eigenvalue weighted by Crippen LogP contribution is 2.21. The molecule has 6 heteroatoms. The lowest BCUT2D eigenvalue weighted by Gasteiger charge is -2.17. The van der Waals surface area contributed by atoms with Gasteiger partial charge in [-0.05, 0) is 33.8 Å². The molecule has 0 aromatic carbocycles. The molecule has 0 bridgehead atoms. The summed E-state index contributed by atoms with van der Waals surface area (Å²) in [5.41, 5.74) is 5.88.